The van der Waals surface area contributed by atoms with Crippen LogP contribution in [0.15, 0.2) is 42.5 Å². The quantitative estimate of drug-likeness (QED) is 0.692. The van der Waals surface area contributed by atoms with Crippen LogP contribution in [0.2, 0.25) is 0 Å². The fourth-order valence-corrected chi connectivity index (χ4v) is 2.87. The lowest BCUT2D eigenvalue weighted by Crippen LogP contribution is -2.42. The first-order valence-electron chi connectivity index (χ1n) is 9.26. The summed E-state index contributed by atoms with van der Waals surface area (Å²) in [5, 5.41) is 5.85. The van der Waals surface area contributed by atoms with Crippen LogP contribution in [-0.4, -0.2) is 40.5 Å². The number of hydrogen-bond donors (Lipinski definition) is 2. The van der Waals surface area contributed by atoms with Crippen molar-refractivity contribution in [3.8, 4) is 17.2 Å². The smallest absolute Gasteiger partial charge is 0.314 e. The molecule has 0 saturated heterocycles. The Bertz CT molecular complexity index is 790. The normalized spacial score (nSPS) is 10.9. The highest BCUT2D eigenvalue weighted by Gasteiger charge is 2.23. The maximum atomic E-state index is 12.2. The molecule has 0 heterocycles. The minimum Gasteiger partial charge on any atom is -0.497 e. The zero-order valence-corrected chi connectivity index (χ0v) is 17.3. The van der Waals surface area contributed by atoms with Crippen LogP contribution in [0.3, 0.4) is 0 Å². The third-order valence-corrected chi connectivity index (χ3v) is 4.69. The number of urea groups is 1. The molecule has 0 spiro atoms. The van der Waals surface area contributed by atoms with Crippen molar-refractivity contribution < 1.29 is 19.0 Å². The minimum atomic E-state index is -0.260. The predicted octanol–water partition coefficient (Wildman–Crippen LogP) is 3.53. The zero-order valence-electron chi connectivity index (χ0n) is 17.3. The molecule has 152 valence electrons. The van der Waals surface area contributed by atoms with E-state index in [9.17, 15) is 4.79 Å². The Morgan fingerprint density at radius 2 is 1.68 bits per heavy atom. The largest absolute Gasteiger partial charge is 0.497 e. The van der Waals surface area contributed by atoms with E-state index in [0.717, 1.165) is 23.3 Å². The second-order valence-corrected chi connectivity index (χ2v) is 7.16. The van der Waals surface area contributed by atoms with Crippen LogP contribution < -0.4 is 24.8 Å². The zero-order chi connectivity index (χ0) is 20.6. The van der Waals surface area contributed by atoms with Crippen LogP contribution in [0.4, 0.5) is 4.79 Å². The SMILES string of the molecule is COc1cccc(CCNC(=O)NCC(C)(C)c2ccc(OC)c(OC)c2)c1. The van der Waals surface area contributed by atoms with Gasteiger partial charge in [0, 0.05) is 18.5 Å². The Balaban J connectivity index is 1.85. The molecule has 2 aromatic rings. The molecule has 0 radical (unpaired) electrons. The summed E-state index contributed by atoms with van der Waals surface area (Å²) in [5.41, 5.74) is 1.91. The molecule has 2 aromatic carbocycles. The van der Waals surface area contributed by atoms with Crippen molar-refractivity contribution in [1.82, 2.24) is 10.6 Å². The first-order valence-corrected chi connectivity index (χ1v) is 9.26. The van der Waals surface area contributed by atoms with Crippen molar-refractivity contribution in [2.75, 3.05) is 34.4 Å². The van der Waals surface area contributed by atoms with E-state index in [1.807, 2.05) is 42.5 Å². The molecule has 0 aliphatic rings. The van der Waals surface area contributed by atoms with E-state index in [0.29, 0.717) is 24.6 Å². The van der Waals surface area contributed by atoms with E-state index in [4.69, 9.17) is 14.2 Å². The lowest BCUT2D eigenvalue weighted by Gasteiger charge is -2.26. The Hall–Kier alpha value is -2.89. The van der Waals surface area contributed by atoms with Crippen molar-refractivity contribution in [2.45, 2.75) is 25.7 Å². The van der Waals surface area contributed by atoms with Gasteiger partial charge in [-0.05, 0) is 41.8 Å². The molecule has 0 aliphatic carbocycles. The number of hydrogen-bond acceptors (Lipinski definition) is 4. The molecule has 2 amide bonds. The highest BCUT2D eigenvalue weighted by molar-refractivity contribution is 5.74. The summed E-state index contributed by atoms with van der Waals surface area (Å²) < 4.78 is 15.9. The van der Waals surface area contributed by atoms with E-state index in [1.165, 1.54) is 0 Å². The van der Waals surface area contributed by atoms with Gasteiger partial charge in [-0.2, -0.15) is 0 Å². The summed E-state index contributed by atoms with van der Waals surface area (Å²) in [6.07, 6.45) is 0.740. The molecule has 2 N–H and O–H groups in total. The Kier molecular flexibility index (Phi) is 7.55. The topological polar surface area (TPSA) is 68.8 Å². The van der Waals surface area contributed by atoms with Gasteiger partial charge in [-0.3, -0.25) is 0 Å². The van der Waals surface area contributed by atoms with Crippen LogP contribution in [0, 0.1) is 0 Å². The molecule has 0 atom stereocenters. The summed E-state index contributed by atoms with van der Waals surface area (Å²) >= 11 is 0. The molecule has 0 saturated carbocycles. The maximum absolute atomic E-state index is 12.2. The number of amides is 2. The van der Waals surface area contributed by atoms with Crippen LogP contribution in [-0.2, 0) is 11.8 Å². The van der Waals surface area contributed by atoms with Gasteiger partial charge in [0.2, 0.25) is 0 Å². The summed E-state index contributed by atoms with van der Waals surface area (Å²) in [5.74, 6) is 2.18. The van der Waals surface area contributed by atoms with Crippen molar-refractivity contribution in [2.24, 2.45) is 0 Å². The second kappa shape index (κ2) is 9.88. The number of carbonyl (C=O) groups excluding carboxylic acids is 1. The van der Waals surface area contributed by atoms with E-state index in [-0.39, 0.29) is 11.4 Å². The number of benzene rings is 2. The summed E-state index contributed by atoms with van der Waals surface area (Å²) in [6, 6.07) is 13.5. The third kappa shape index (κ3) is 5.81. The van der Waals surface area contributed by atoms with Crippen LogP contribution in [0.25, 0.3) is 0 Å². The number of methoxy groups -OCH3 is 3. The molecular formula is C22H30N2O4. The number of rotatable bonds is 9. The second-order valence-electron chi connectivity index (χ2n) is 7.16. The molecule has 0 bridgehead atoms. The first-order chi connectivity index (χ1) is 13.4. The van der Waals surface area contributed by atoms with Gasteiger partial charge < -0.3 is 24.8 Å². The van der Waals surface area contributed by atoms with E-state index >= 15 is 0 Å². The van der Waals surface area contributed by atoms with Gasteiger partial charge in [-0.15, -0.1) is 0 Å². The molecule has 6 nitrogen and oxygen atoms in total. The van der Waals surface area contributed by atoms with Crippen molar-refractivity contribution >= 4 is 6.03 Å². The van der Waals surface area contributed by atoms with E-state index < -0.39 is 0 Å². The maximum Gasteiger partial charge on any atom is 0.314 e. The Labute approximate surface area is 167 Å². The summed E-state index contributed by atoms with van der Waals surface area (Å²) in [7, 11) is 4.87. The van der Waals surface area contributed by atoms with Crippen molar-refractivity contribution in [3.05, 3.63) is 53.6 Å². The number of ether oxygens (including phenoxy) is 3. The van der Waals surface area contributed by atoms with Gasteiger partial charge in [0.15, 0.2) is 11.5 Å². The van der Waals surface area contributed by atoms with Gasteiger partial charge in [0.25, 0.3) is 0 Å². The summed E-state index contributed by atoms with van der Waals surface area (Å²) in [4.78, 5) is 12.2. The highest BCUT2D eigenvalue weighted by Crippen LogP contribution is 2.32. The van der Waals surface area contributed by atoms with Gasteiger partial charge in [-0.1, -0.05) is 32.0 Å². The van der Waals surface area contributed by atoms with Crippen LogP contribution in [0.1, 0.15) is 25.0 Å². The standard InChI is InChI=1S/C22H30N2O4/c1-22(2,17-9-10-19(27-4)20(14-17)28-5)15-24-21(25)23-12-11-16-7-6-8-18(13-16)26-3/h6-10,13-14H,11-12,15H2,1-5H3,(H2,23,24,25). The fourth-order valence-electron chi connectivity index (χ4n) is 2.87. The first kappa shape index (κ1) is 21.4. The molecule has 28 heavy (non-hydrogen) atoms. The van der Waals surface area contributed by atoms with Gasteiger partial charge in [-0.25, -0.2) is 4.79 Å². The van der Waals surface area contributed by atoms with Gasteiger partial charge >= 0.3 is 6.03 Å². The molecule has 0 aliphatic heterocycles. The molecule has 6 heteroatoms. The Morgan fingerprint density at radius 1 is 0.929 bits per heavy atom. The van der Waals surface area contributed by atoms with Crippen LogP contribution in [0.5, 0.6) is 17.2 Å². The highest BCUT2D eigenvalue weighted by atomic mass is 16.5. The average Bonchev–Trinajstić information content (AvgIpc) is 2.72. The Morgan fingerprint density at radius 3 is 2.36 bits per heavy atom. The molecule has 0 aromatic heterocycles. The molecule has 2 rings (SSSR count). The van der Waals surface area contributed by atoms with Gasteiger partial charge in [0.05, 0.1) is 21.3 Å². The molecule has 0 unspecified atom stereocenters. The predicted molar refractivity (Wildman–Crippen MR) is 111 cm³/mol. The molecule has 0 fully saturated rings. The van der Waals surface area contributed by atoms with E-state index in [1.54, 1.807) is 21.3 Å². The number of carbonyl (C=O) groups is 1. The third-order valence-electron chi connectivity index (χ3n) is 4.69. The lowest BCUT2D eigenvalue weighted by molar-refractivity contribution is 0.238. The number of nitrogens with one attached hydrogen (secondary N) is 2. The van der Waals surface area contributed by atoms with Gasteiger partial charge in [0.1, 0.15) is 5.75 Å². The van der Waals surface area contributed by atoms with Crippen LogP contribution >= 0.6 is 0 Å². The van der Waals surface area contributed by atoms with Crippen molar-refractivity contribution in [3.63, 3.8) is 0 Å². The van der Waals surface area contributed by atoms with Crippen molar-refractivity contribution in [1.29, 1.82) is 0 Å². The summed E-state index contributed by atoms with van der Waals surface area (Å²) in [6.45, 7) is 5.19. The van der Waals surface area contributed by atoms with E-state index in [2.05, 4.69) is 24.5 Å². The minimum absolute atomic E-state index is 0.184. The monoisotopic (exact) mass is 386 g/mol. The average molecular weight is 386 g/mol. The lowest BCUT2D eigenvalue weighted by atomic mass is 9.84. The fraction of sp³-hybridized carbons (Fsp3) is 0.409. The molecular weight excluding hydrogens is 356 g/mol.